The number of halogens is 2. The second kappa shape index (κ2) is 11.9. The lowest BCUT2D eigenvalue weighted by Gasteiger charge is -2.09. The highest BCUT2D eigenvalue weighted by Crippen LogP contribution is 2.29. The van der Waals surface area contributed by atoms with E-state index in [1.807, 2.05) is 30.3 Å². The third-order valence-corrected chi connectivity index (χ3v) is 5.08. The van der Waals surface area contributed by atoms with Crippen LogP contribution in [0.1, 0.15) is 12.8 Å². The van der Waals surface area contributed by atoms with Gasteiger partial charge < -0.3 is 20.1 Å². The predicted molar refractivity (Wildman–Crippen MR) is 127 cm³/mol. The molecule has 0 aliphatic rings. The van der Waals surface area contributed by atoms with Crippen molar-refractivity contribution in [1.82, 2.24) is 0 Å². The predicted octanol–water partition coefficient (Wildman–Crippen LogP) is 5.69. The summed E-state index contributed by atoms with van der Waals surface area (Å²) in [7, 11) is 0. The van der Waals surface area contributed by atoms with Crippen molar-refractivity contribution in [3.63, 3.8) is 0 Å². The molecule has 0 saturated heterocycles. The summed E-state index contributed by atoms with van der Waals surface area (Å²) in [5, 5.41) is 5.71. The molecular weight excluding hydrogens is 467 g/mol. The Kier molecular flexibility index (Phi) is 8.69. The van der Waals surface area contributed by atoms with Crippen LogP contribution in [-0.2, 0) is 19.1 Å². The van der Waals surface area contributed by atoms with E-state index in [-0.39, 0.29) is 17.9 Å². The molecule has 0 atom stereocenters. The average Bonchev–Trinajstić information content (AvgIpc) is 2.81. The molecule has 0 spiro atoms. The third kappa shape index (κ3) is 7.82. The van der Waals surface area contributed by atoms with Gasteiger partial charge in [-0.15, -0.1) is 0 Å². The smallest absolute Gasteiger partial charge is 0.306 e. The molecule has 0 saturated carbocycles. The van der Waals surface area contributed by atoms with Gasteiger partial charge in [0.1, 0.15) is 11.5 Å². The quantitative estimate of drug-likeness (QED) is 0.379. The zero-order valence-corrected chi connectivity index (χ0v) is 18.9. The fourth-order valence-corrected chi connectivity index (χ4v) is 3.02. The van der Waals surface area contributed by atoms with Gasteiger partial charge >= 0.3 is 5.97 Å². The number of hydrogen-bond acceptors (Lipinski definition) is 5. The molecule has 0 aliphatic carbocycles. The number of para-hydroxylation sites is 1. The second-order valence-electron chi connectivity index (χ2n) is 6.80. The molecule has 0 bridgehead atoms. The van der Waals surface area contributed by atoms with Gasteiger partial charge in [-0.2, -0.15) is 0 Å². The maximum atomic E-state index is 12.0. The molecule has 0 radical (unpaired) electrons. The van der Waals surface area contributed by atoms with Gasteiger partial charge in [-0.05, 0) is 48.5 Å². The maximum absolute atomic E-state index is 12.0. The topological polar surface area (TPSA) is 93.7 Å². The Morgan fingerprint density at radius 1 is 0.727 bits per heavy atom. The maximum Gasteiger partial charge on any atom is 0.306 e. The van der Waals surface area contributed by atoms with Crippen molar-refractivity contribution in [2.75, 3.05) is 17.2 Å². The van der Waals surface area contributed by atoms with Gasteiger partial charge in [0.15, 0.2) is 6.61 Å². The van der Waals surface area contributed by atoms with Crippen LogP contribution >= 0.6 is 23.2 Å². The van der Waals surface area contributed by atoms with Crippen LogP contribution in [0.4, 0.5) is 11.4 Å². The van der Waals surface area contributed by atoms with Crippen LogP contribution in [0.25, 0.3) is 0 Å². The monoisotopic (exact) mass is 486 g/mol. The molecule has 0 aliphatic heterocycles. The van der Waals surface area contributed by atoms with E-state index in [1.165, 1.54) is 0 Å². The van der Waals surface area contributed by atoms with E-state index in [4.69, 9.17) is 32.7 Å². The van der Waals surface area contributed by atoms with Crippen LogP contribution in [0.15, 0.2) is 72.8 Å². The van der Waals surface area contributed by atoms with E-state index in [2.05, 4.69) is 10.6 Å². The van der Waals surface area contributed by atoms with Gasteiger partial charge in [-0.3, -0.25) is 14.4 Å². The number of anilines is 2. The van der Waals surface area contributed by atoms with Crippen molar-refractivity contribution in [3.05, 3.63) is 82.8 Å². The largest absolute Gasteiger partial charge is 0.457 e. The highest BCUT2D eigenvalue weighted by atomic mass is 35.5. The van der Waals surface area contributed by atoms with Crippen molar-refractivity contribution in [2.45, 2.75) is 12.8 Å². The fourth-order valence-electron chi connectivity index (χ4n) is 2.67. The number of benzene rings is 3. The summed E-state index contributed by atoms with van der Waals surface area (Å²) in [6.45, 7) is -0.469. The summed E-state index contributed by atoms with van der Waals surface area (Å²) in [6, 6.07) is 20.9. The Hall–Kier alpha value is -3.55. The van der Waals surface area contributed by atoms with E-state index in [0.717, 1.165) is 0 Å². The first-order chi connectivity index (χ1) is 15.9. The number of ether oxygens (including phenoxy) is 2. The fraction of sp³-hybridized carbons (Fsp3) is 0.125. The van der Waals surface area contributed by atoms with Gasteiger partial charge in [0, 0.05) is 12.1 Å². The zero-order valence-electron chi connectivity index (χ0n) is 17.3. The van der Waals surface area contributed by atoms with Crippen molar-refractivity contribution >= 4 is 52.4 Å². The second-order valence-corrected chi connectivity index (χ2v) is 7.58. The first kappa shape index (κ1) is 24.1. The normalized spacial score (nSPS) is 10.2. The lowest BCUT2D eigenvalue weighted by atomic mass is 10.2. The number of rotatable bonds is 9. The Bertz CT molecular complexity index is 1120. The van der Waals surface area contributed by atoms with Crippen LogP contribution in [0.3, 0.4) is 0 Å². The summed E-state index contributed by atoms with van der Waals surface area (Å²) < 4.78 is 10.6. The summed E-state index contributed by atoms with van der Waals surface area (Å²) in [5.41, 5.74) is 0.872. The third-order valence-electron chi connectivity index (χ3n) is 4.26. The Balaban J connectivity index is 1.37. The molecule has 170 valence electrons. The van der Waals surface area contributed by atoms with Crippen LogP contribution in [0.2, 0.25) is 10.0 Å². The standard InChI is InChI=1S/C24H20Cl2N2O5/c25-19-7-4-8-20(24(19)26)28-21(29)13-14-23(31)32-15-22(30)27-16-9-11-18(12-10-16)33-17-5-2-1-3-6-17/h1-12H,13-15H2,(H,27,30)(H,28,29). The van der Waals surface area contributed by atoms with E-state index in [0.29, 0.717) is 27.9 Å². The molecule has 3 aromatic rings. The Morgan fingerprint density at radius 3 is 2.15 bits per heavy atom. The molecule has 0 aromatic heterocycles. The molecule has 3 rings (SSSR count). The van der Waals surface area contributed by atoms with E-state index in [1.54, 1.807) is 42.5 Å². The van der Waals surface area contributed by atoms with Crippen molar-refractivity contribution in [3.8, 4) is 11.5 Å². The van der Waals surface area contributed by atoms with Gasteiger partial charge in [0.2, 0.25) is 5.91 Å². The minimum atomic E-state index is -0.677. The molecule has 3 aromatic carbocycles. The number of nitrogens with one attached hydrogen (secondary N) is 2. The minimum Gasteiger partial charge on any atom is -0.457 e. The Labute approximate surface area is 200 Å². The zero-order chi connectivity index (χ0) is 23.6. The Morgan fingerprint density at radius 2 is 1.42 bits per heavy atom. The molecule has 33 heavy (non-hydrogen) atoms. The average molecular weight is 487 g/mol. The van der Waals surface area contributed by atoms with Crippen molar-refractivity contribution in [2.24, 2.45) is 0 Å². The molecule has 0 fully saturated rings. The van der Waals surface area contributed by atoms with E-state index < -0.39 is 24.4 Å². The molecule has 9 heteroatoms. The molecule has 0 heterocycles. The summed E-state index contributed by atoms with van der Waals surface area (Å²) in [5.74, 6) is -0.300. The summed E-state index contributed by atoms with van der Waals surface area (Å²) in [6.07, 6.45) is -0.324. The molecule has 7 nitrogen and oxygen atoms in total. The molecule has 0 unspecified atom stereocenters. The van der Waals surface area contributed by atoms with Gasteiger partial charge in [-0.25, -0.2) is 0 Å². The van der Waals surface area contributed by atoms with E-state index >= 15 is 0 Å². The van der Waals surface area contributed by atoms with Crippen LogP contribution < -0.4 is 15.4 Å². The highest BCUT2D eigenvalue weighted by molar-refractivity contribution is 6.44. The molecular formula is C24H20Cl2N2O5. The SMILES string of the molecule is O=C(COC(=O)CCC(=O)Nc1cccc(Cl)c1Cl)Nc1ccc(Oc2ccccc2)cc1. The number of esters is 1. The van der Waals surface area contributed by atoms with E-state index in [9.17, 15) is 14.4 Å². The number of amides is 2. The van der Waals surface area contributed by atoms with Crippen LogP contribution in [0, 0.1) is 0 Å². The molecule has 2 N–H and O–H groups in total. The minimum absolute atomic E-state index is 0.133. The summed E-state index contributed by atoms with van der Waals surface area (Å²) >= 11 is 11.9. The first-order valence-corrected chi connectivity index (χ1v) is 10.7. The first-order valence-electron chi connectivity index (χ1n) is 9.93. The van der Waals surface area contributed by atoms with Crippen molar-refractivity contribution in [1.29, 1.82) is 0 Å². The number of hydrogen-bond donors (Lipinski definition) is 2. The van der Waals surface area contributed by atoms with Gasteiger partial charge in [0.25, 0.3) is 5.91 Å². The van der Waals surface area contributed by atoms with Crippen molar-refractivity contribution < 1.29 is 23.9 Å². The lowest BCUT2D eigenvalue weighted by Crippen LogP contribution is -2.21. The molecule has 2 amide bonds. The van der Waals surface area contributed by atoms with Gasteiger partial charge in [0.05, 0.1) is 22.2 Å². The summed E-state index contributed by atoms with van der Waals surface area (Å²) in [4.78, 5) is 35.9. The lowest BCUT2D eigenvalue weighted by molar-refractivity contribution is -0.147. The van der Waals surface area contributed by atoms with Crippen LogP contribution in [0.5, 0.6) is 11.5 Å². The number of carbonyl (C=O) groups is 3. The van der Waals surface area contributed by atoms with Crippen LogP contribution in [-0.4, -0.2) is 24.4 Å². The highest BCUT2D eigenvalue weighted by Gasteiger charge is 2.13. The number of carbonyl (C=O) groups excluding carboxylic acids is 3. The van der Waals surface area contributed by atoms with Gasteiger partial charge in [-0.1, -0.05) is 47.5 Å².